The quantitative estimate of drug-likeness (QED) is 0.849. The van der Waals surface area contributed by atoms with Crippen LogP contribution in [0.2, 0.25) is 0 Å². The zero-order valence-electron chi connectivity index (χ0n) is 12.9. The van der Waals surface area contributed by atoms with Gasteiger partial charge in [0.1, 0.15) is 0 Å². The average molecular weight is 378 g/mol. The Morgan fingerprint density at radius 2 is 1.83 bits per heavy atom. The Morgan fingerprint density at radius 1 is 1.13 bits per heavy atom. The number of rotatable bonds is 2. The summed E-state index contributed by atoms with van der Waals surface area (Å²) >= 11 is 3.49. The largest absolute Gasteiger partial charge is 0.342 e. The highest BCUT2D eigenvalue weighted by atomic mass is 79.9. The van der Waals surface area contributed by atoms with Crippen molar-refractivity contribution in [1.82, 2.24) is 10.2 Å². The maximum Gasteiger partial charge on any atom is 0.228 e. The van der Waals surface area contributed by atoms with E-state index in [2.05, 4.69) is 21.2 Å². The van der Waals surface area contributed by atoms with Crippen LogP contribution in [0.3, 0.4) is 0 Å². The monoisotopic (exact) mass is 377 g/mol. The normalized spacial score (nSPS) is 30.1. The Morgan fingerprint density at radius 3 is 2.52 bits per heavy atom. The number of benzene rings is 1. The van der Waals surface area contributed by atoms with Gasteiger partial charge in [-0.1, -0.05) is 12.1 Å². The molecule has 1 N–H and O–H groups in total. The standard InChI is InChI=1S/C17H20BrN3O2/c18-14-3-1-2-4-15(14)21-10-11(5-16(21)22)17(23)20-8-12-6-19-7-13(12)9-20/h1-4,11-13,19H,5-10H2/t11?,12-,13+. The van der Waals surface area contributed by atoms with Crippen LogP contribution in [0, 0.1) is 17.8 Å². The number of hydrogen-bond donors (Lipinski definition) is 1. The molecule has 1 unspecified atom stereocenters. The van der Waals surface area contributed by atoms with Crippen molar-refractivity contribution in [2.75, 3.05) is 37.6 Å². The molecule has 0 bridgehead atoms. The second-order valence-corrected chi connectivity index (χ2v) is 7.63. The molecule has 1 aromatic carbocycles. The minimum absolute atomic E-state index is 0.0382. The number of hydrogen-bond acceptors (Lipinski definition) is 3. The number of carbonyl (C=O) groups is 2. The number of nitrogens with zero attached hydrogens (tertiary/aromatic N) is 2. The maximum absolute atomic E-state index is 12.8. The molecule has 3 aliphatic heterocycles. The van der Waals surface area contributed by atoms with Crippen LogP contribution in [-0.2, 0) is 9.59 Å². The van der Waals surface area contributed by atoms with E-state index in [0.717, 1.165) is 36.3 Å². The molecule has 4 rings (SSSR count). The Kier molecular flexibility index (Phi) is 3.89. The van der Waals surface area contributed by atoms with E-state index in [4.69, 9.17) is 0 Å². The molecule has 0 radical (unpaired) electrons. The van der Waals surface area contributed by atoms with Gasteiger partial charge in [0.25, 0.3) is 0 Å². The molecule has 5 nitrogen and oxygen atoms in total. The SMILES string of the molecule is O=C(C1CC(=O)N(c2ccccc2Br)C1)N1C[C@H]2CNC[C@H]2C1. The number of fused-ring (bicyclic) bond motifs is 1. The van der Waals surface area contributed by atoms with Gasteiger partial charge in [-0.25, -0.2) is 0 Å². The van der Waals surface area contributed by atoms with E-state index in [1.807, 2.05) is 29.2 Å². The van der Waals surface area contributed by atoms with Gasteiger partial charge in [-0.2, -0.15) is 0 Å². The molecule has 6 heteroatoms. The molecule has 0 aliphatic carbocycles. The lowest BCUT2D eigenvalue weighted by atomic mass is 10.0. The van der Waals surface area contributed by atoms with Crippen molar-refractivity contribution in [1.29, 1.82) is 0 Å². The Hall–Kier alpha value is -1.40. The fourth-order valence-corrected chi connectivity index (χ4v) is 4.57. The molecule has 1 aromatic rings. The fraction of sp³-hybridized carbons (Fsp3) is 0.529. The summed E-state index contributed by atoms with van der Waals surface area (Å²) in [6.07, 6.45) is 0.324. The van der Waals surface area contributed by atoms with E-state index >= 15 is 0 Å². The highest BCUT2D eigenvalue weighted by Crippen LogP contribution is 2.33. The molecule has 3 heterocycles. The highest BCUT2D eigenvalue weighted by molar-refractivity contribution is 9.10. The number of nitrogens with one attached hydrogen (secondary N) is 1. The van der Waals surface area contributed by atoms with Crippen molar-refractivity contribution in [3.8, 4) is 0 Å². The maximum atomic E-state index is 12.8. The summed E-state index contributed by atoms with van der Waals surface area (Å²) in [7, 11) is 0. The van der Waals surface area contributed by atoms with Crippen LogP contribution in [0.1, 0.15) is 6.42 Å². The Bertz CT molecular complexity index is 638. The van der Waals surface area contributed by atoms with Gasteiger partial charge in [-0.15, -0.1) is 0 Å². The van der Waals surface area contributed by atoms with E-state index in [9.17, 15) is 9.59 Å². The molecular formula is C17H20BrN3O2. The van der Waals surface area contributed by atoms with Gasteiger partial charge < -0.3 is 15.1 Å². The molecule has 0 spiro atoms. The molecule has 0 saturated carbocycles. The van der Waals surface area contributed by atoms with Crippen molar-refractivity contribution >= 4 is 33.4 Å². The summed E-state index contributed by atoms with van der Waals surface area (Å²) in [5, 5.41) is 3.39. The fourth-order valence-electron chi connectivity index (χ4n) is 4.07. The first kappa shape index (κ1) is 15.1. The summed E-state index contributed by atoms with van der Waals surface area (Å²) in [6, 6.07) is 7.68. The minimum Gasteiger partial charge on any atom is -0.342 e. The van der Waals surface area contributed by atoms with Crippen LogP contribution in [-0.4, -0.2) is 49.4 Å². The van der Waals surface area contributed by atoms with E-state index < -0.39 is 0 Å². The molecule has 122 valence electrons. The number of halogens is 1. The van der Waals surface area contributed by atoms with Crippen LogP contribution in [0.4, 0.5) is 5.69 Å². The van der Waals surface area contributed by atoms with Gasteiger partial charge in [0.2, 0.25) is 11.8 Å². The van der Waals surface area contributed by atoms with Crippen molar-refractivity contribution < 1.29 is 9.59 Å². The summed E-state index contributed by atoms with van der Waals surface area (Å²) in [4.78, 5) is 28.9. The molecule has 3 aliphatic rings. The van der Waals surface area contributed by atoms with Crippen molar-refractivity contribution in [2.45, 2.75) is 6.42 Å². The number of para-hydroxylation sites is 1. The third-order valence-corrected chi connectivity index (χ3v) is 5.99. The topological polar surface area (TPSA) is 52.7 Å². The summed E-state index contributed by atoms with van der Waals surface area (Å²) < 4.78 is 0.892. The zero-order valence-corrected chi connectivity index (χ0v) is 14.5. The Balaban J connectivity index is 1.46. The third kappa shape index (κ3) is 2.68. The molecule has 3 fully saturated rings. The predicted octanol–water partition coefficient (Wildman–Crippen LogP) is 1.48. The number of carbonyl (C=O) groups excluding carboxylic acids is 2. The van der Waals surface area contributed by atoms with Crippen LogP contribution in [0.15, 0.2) is 28.7 Å². The third-order valence-electron chi connectivity index (χ3n) is 5.32. The molecular weight excluding hydrogens is 358 g/mol. The predicted molar refractivity (Wildman–Crippen MR) is 91.0 cm³/mol. The average Bonchev–Trinajstić information content (AvgIpc) is 3.21. The lowest BCUT2D eigenvalue weighted by Gasteiger charge is -2.22. The minimum atomic E-state index is -0.207. The second kappa shape index (κ2) is 5.91. The zero-order chi connectivity index (χ0) is 16.0. The smallest absolute Gasteiger partial charge is 0.228 e. The Labute approximate surface area is 144 Å². The highest BCUT2D eigenvalue weighted by Gasteiger charge is 2.43. The number of likely N-dealkylation sites (tertiary alicyclic amines) is 1. The van der Waals surface area contributed by atoms with Crippen LogP contribution < -0.4 is 10.2 Å². The van der Waals surface area contributed by atoms with Crippen LogP contribution in [0.5, 0.6) is 0 Å². The van der Waals surface area contributed by atoms with Gasteiger partial charge in [0.15, 0.2) is 0 Å². The molecule has 3 atom stereocenters. The van der Waals surface area contributed by atoms with Crippen LogP contribution in [0.25, 0.3) is 0 Å². The molecule has 3 saturated heterocycles. The summed E-state index contributed by atoms with van der Waals surface area (Å²) in [6.45, 7) is 4.21. The summed E-state index contributed by atoms with van der Waals surface area (Å²) in [5.41, 5.74) is 0.857. The first-order chi connectivity index (χ1) is 11.1. The van der Waals surface area contributed by atoms with E-state index in [-0.39, 0.29) is 17.7 Å². The van der Waals surface area contributed by atoms with Gasteiger partial charge in [-0.05, 0) is 39.9 Å². The van der Waals surface area contributed by atoms with E-state index in [0.29, 0.717) is 24.8 Å². The van der Waals surface area contributed by atoms with Crippen molar-refractivity contribution in [2.24, 2.45) is 17.8 Å². The van der Waals surface area contributed by atoms with E-state index in [1.54, 1.807) is 4.90 Å². The van der Waals surface area contributed by atoms with E-state index in [1.165, 1.54) is 0 Å². The second-order valence-electron chi connectivity index (χ2n) is 6.78. The lowest BCUT2D eigenvalue weighted by molar-refractivity contribution is -0.135. The van der Waals surface area contributed by atoms with Gasteiger partial charge in [0.05, 0.1) is 11.6 Å². The van der Waals surface area contributed by atoms with Gasteiger partial charge in [-0.3, -0.25) is 9.59 Å². The van der Waals surface area contributed by atoms with Crippen molar-refractivity contribution in [3.63, 3.8) is 0 Å². The molecule has 23 heavy (non-hydrogen) atoms. The first-order valence-electron chi connectivity index (χ1n) is 8.18. The van der Waals surface area contributed by atoms with Crippen molar-refractivity contribution in [3.05, 3.63) is 28.7 Å². The molecule has 0 aromatic heterocycles. The van der Waals surface area contributed by atoms with Crippen LogP contribution >= 0.6 is 15.9 Å². The molecule has 2 amide bonds. The van der Waals surface area contributed by atoms with Gasteiger partial charge >= 0.3 is 0 Å². The number of anilines is 1. The summed E-state index contributed by atoms with van der Waals surface area (Å²) in [5.74, 6) is 1.17. The van der Waals surface area contributed by atoms with Gasteiger partial charge in [0, 0.05) is 43.6 Å². The first-order valence-corrected chi connectivity index (χ1v) is 8.97. The lowest BCUT2D eigenvalue weighted by Crippen LogP contribution is -2.37. The number of amides is 2.